The molecule has 1 aromatic rings. The van der Waals surface area contributed by atoms with Gasteiger partial charge in [0.15, 0.2) is 23.3 Å². The predicted octanol–water partition coefficient (Wildman–Crippen LogP) is 2.41. The maximum atomic E-state index is 13.4. The molecule has 0 saturated heterocycles. The Bertz CT molecular complexity index is 445. The summed E-state index contributed by atoms with van der Waals surface area (Å²) < 4.78 is 58.1. The number of halogens is 4. The van der Waals surface area contributed by atoms with Crippen LogP contribution in [0.2, 0.25) is 0 Å². The molecule has 0 atom stereocenters. The molecular formula is C11H10F4O3. The van der Waals surface area contributed by atoms with Gasteiger partial charge in [0.2, 0.25) is 0 Å². The van der Waals surface area contributed by atoms with Crippen LogP contribution in [0.25, 0.3) is 0 Å². The van der Waals surface area contributed by atoms with Gasteiger partial charge in [0.25, 0.3) is 0 Å². The number of carboxylic acids is 1. The highest BCUT2D eigenvalue weighted by molar-refractivity contribution is 5.67. The Balaban J connectivity index is 3.25. The molecule has 18 heavy (non-hydrogen) atoms. The van der Waals surface area contributed by atoms with Crippen molar-refractivity contribution in [1.29, 1.82) is 0 Å². The summed E-state index contributed by atoms with van der Waals surface area (Å²) in [6.07, 6.45) is -1.26. The smallest absolute Gasteiger partial charge is 0.303 e. The molecule has 0 aromatic heterocycles. The number of carbonyl (C=O) groups is 1. The topological polar surface area (TPSA) is 46.5 Å². The van der Waals surface area contributed by atoms with Crippen LogP contribution in [0.5, 0.6) is 0 Å². The van der Waals surface area contributed by atoms with Gasteiger partial charge in [0.1, 0.15) is 0 Å². The first-order valence-electron chi connectivity index (χ1n) is 4.94. The van der Waals surface area contributed by atoms with Gasteiger partial charge in [-0.1, -0.05) is 0 Å². The third kappa shape index (κ3) is 2.79. The van der Waals surface area contributed by atoms with E-state index >= 15 is 0 Å². The van der Waals surface area contributed by atoms with Crippen molar-refractivity contribution in [3.8, 4) is 0 Å². The molecule has 0 aliphatic heterocycles. The van der Waals surface area contributed by atoms with Crippen molar-refractivity contribution < 1.29 is 32.2 Å². The second-order valence-electron chi connectivity index (χ2n) is 3.54. The largest absolute Gasteiger partial charge is 0.481 e. The van der Waals surface area contributed by atoms with Gasteiger partial charge in [-0.25, -0.2) is 17.6 Å². The van der Waals surface area contributed by atoms with Crippen LogP contribution in [0.1, 0.15) is 17.5 Å². The van der Waals surface area contributed by atoms with Crippen molar-refractivity contribution in [2.24, 2.45) is 0 Å². The van der Waals surface area contributed by atoms with Gasteiger partial charge < -0.3 is 9.84 Å². The van der Waals surface area contributed by atoms with E-state index in [-0.39, 0.29) is 0 Å². The van der Waals surface area contributed by atoms with Gasteiger partial charge in [-0.2, -0.15) is 0 Å². The van der Waals surface area contributed by atoms with E-state index in [1.807, 2.05) is 0 Å². The maximum absolute atomic E-state index is 13.4. The summed E-state index contributed by atoms with van der Waals surface area (Å²) in [4.78, 5) is 10.3. The van der Waals surface area contributed by atoms with Crippen LogP contribution >= 0.6 is 0 Å². The molecule has 1 rings (SSSR count). The zero-order valence-corrected chi connectivity index (χ0v) is 9.40. The molecule has 1 N–H and O–H groups in total. The zero-order valence-electron chi connectivity index (χ0n) is 9.40. The molecule has 0 radical (unpaired) electrons. The number of rotatable bonds is 5. The average Bonchev–Trinajstić information content (AvgIpc) is 2.32. The van der Waals surface area contributed by atoms with Crippen LogP contribution in [-0.2, 0) is 22.6 Å². The van der Waals surface area contributed by atoms with E-state index in [0.717, 1.165) is 7.11 Å². The van der Waals surface area contributed by atoms with Crippen molar-refractivity contribution in [2.75, 3.05) is 7.11 Å². The van der Waals surface area contributed by atoms with E-state index in [1.165, 1.54) is 0 Å². The van der Waals surface area contributed by atoms with Crippen molar-refractivity contribution in [2.45, 2.75) is 19.4 Å². The summed E-state index contributed by atoms with van der Waals surface area (Å²) in [6.45, 7) is -0.620. The second kappa shape index (κ2) is 5.81. The molecule has 0 spiro atoms. The van der Waals surface area contributed by atoms with Crippen molar-refractivity contribution >= 4 is 5.97 Å². The highest BCUT2D eigenvalue weighted by Crippen LogP contribution is 2.25. The minimum Gasteiger partial charge on any atom is -0.481 e. The Labute approximate surface area is 100.0 Å². The van der Waals surface area contributed by atoms with Crippen LogP contribution in [0.3, 0.4) is 0 Å². The maximum Gasteiger partial charge on any atom is 0.303 e. The Kier molecular flexibility index (Phi) is 4.66. The van der Waals surface area contributed by atoms with Crippen LogP contribution in [0.15, 0.2) is 0 Å². The Morgan fingerprint density at radius 3 is 1.89 bits per heavy atom. The molecule has 0 unspecified atom stereocenters. The van der Waals surface area contributed by atoms with Crippen LogP contribution in [0.4, 0.5) is 17.6 Å². The summed E-state index contributed by atoms with van der Waals surface area (Å²) >= 11 is 0. The minimum absolute atomic E-state index is 0.620. The molecule has 1 aromatic carbocycles. The lowest BCUT2D eigenvalue weighted by Crippen LogP contribution is -2.11. The Morgan fingerprint density at radius 2 is 1.50 bits per heavy atom. The van der Waals surface area contributed by atoms with E-state index in [1.54, 1.807) is 0 Å². The van der Waals surface area contributed by atoms with E-state index < -0.39 is 59.8 Å². The van der Waals surface area contributed by atoms with Crippen LogP contribution < -0.4 is 0 Å². The van der Waals surface area contributed by atoms with Crippen molar-refractivity contribution in [3.05, 3.63) is 34.4 Å². The highest BCUT2D eigenvalue weighted by atomic mass is 19.2. The first kappa shape index (κ1) is 14.4. The quantitative estimate of drug-likeness (QED) is 0.657. The van der Waals surface area contributed by atoms with Gasteiger partial charge in [-0.3, -0.25) is 4.79 Å². The summed E-state index contributed by atoms with van der Waals surface area (Å²) in [5.74, 6) is -7.60. The summed E-state index contributed by atoms with van der Waals surface area (Å²) in [7, 11) is 1.12. The number of hydrogen-bond acceptors (Lipinski definition) is 2. The van der Waals surface area contributed by atoms with Gasteiger partial charge in [0.05, 0.1) is 12.2 Å². The number of aliphatic carboxylic acids is 1. The second-order valence-corrected chi connectivity index (χ2v) is 3.54. The standard InChI is InChI=1S/C11H10F4O3/c1-18-4-6-10(14)8(12)5(2-3-7(16)17)9(13)11(6)15/h2-4H2,1H3,(H,16,17). The lowest BCUT2D eigenvalue weighted by molar-refractivity contribution is -0.136. The fourth-order valence-corrected chi connectivity index (χ4v) is 1.45. The number of benzene rings is 1. The van der Waals surface area contributed by atoms with E-state index in [4.69, 9.17) is 5.11 Å². The monoisotopic (exact) mass is 266 g/mol. The van der Waals surface area contributed by atoms with E-state index in [2.05, 4.69) is 4.74 Å². The average molecular weight is 266 g/mol. The molecule has 0 aliphatic carbocycles. The minimum atomic E-state index is -1.58. The number of hydrogen-bond donors (Lipinski definition) is 1. The molecule has 0 amide bonds. The SMILES string of the molecule is COCc1c(F)c(F)c(CCC(=O)O)c(F)c1F. The highest BCUT2D eigenvalue weighted by Gasteiger charge is 2.25. The first-order valence-corrected chi connectivity index (χ1v) is 4.94. The Morgan fingerprint density at radius 1 is 1.06 bits per heavy atom. The molecule has 0 aliphatic rings. The first-order chi connectivity index (χ1) is 8.40. The number of methoxy groups -OCH3 is 1. The summed E-state index contributed by atoms with van der Waals surface area (Å²) in [6, 6.07) is 0. The van der Waals surface area contributed by atoms with Crippen LogP contribution in [-0.4, -0.2) is 18.2 Å². The van der Waals surface area contributed by atoms with Gasteiger partial charge in [0, 0.05) is 19.1 Å². The molecule has 0 heterocycles. The molecular weight excluding hydrogens is 256 g/mol. The molecule has 3 nitrogen and oxygen atoms in total. The third-order valence-corrected chi connectivity index (χ3v) is 2.32. The fraction of sp³-hybridized carbons (Fsp3) is 0.364. The van der Waals surface area contributed by atoms with Crippen molar-refractivity contribution in [3.63, 3.8) is 0 Å². The molecule has 0 bridgehead atoms. The summed E-state index contributed by atoms with van der Waals surface area (Å²) in [5.41, 5.74) is -1.76. The normalized spacial score (nSPS) is 10.7. The molecule has 0 fully saturated rings. The lowest BCUT2D eigenvalue weighted by Gasteiger charge is -2.10. The van der Waals surface area contributed by atoms with Gasteiger partial charge in [-0.15, -0.1) is 0 Å². The van der Waals surface area contributed by atoms with Gasteiger partial charge >= 0.3 is 5.97 Å². The predicted molar refractivity (Wildman–Crippen MR) is 52.9 cm³/mol. The summed E-state index contributed by atoms with van der Waals surface area (Å²) in [5, 5.41) is 8.38. The van der Waals surface area contributed by atoms with Gasteiger partial charge in [-0.05, 0) is 6.42 Å². The van der Waals surface area contributed by atoms with E-state index in [0.29, 0.717) is 0 Å². The lowest BCUT2D eigenvalue weighted by atomic mass is 10.0. The number of ether oxygens (including phenoxy) is 1. The van der Waals surface area contributed by atoms with Crippen LogP contribution in [0, 0.1) is 23.3 Å². The zero-order chi connectivity index (χ0) is 13.9. The van der Waals surface area contributed by atoms with E-state index in [9.17, 15) is 22.4 Å². The molecule has 7 heteroatoms. The molecule has 0 saturated carbocycles. The van der Waals surface area contributed by atoms with Crippen molar-refractivity contribution in [1.82, 2.24) is 0 Å². The third-order valence-electron chi connectivity index (χ3n) is 2.32. The fourth-order valence-electron chi connectivity index (χ4n) is 1.45. The number of carboxylic acid groups (broad SMARTS) is 1. The molecule has 100 valence electrons. The Hall–Kier alpha value is -1.63.